The minimum Gasteiger partial charge on any atom is -0.364 e. The molecule has 106 valence electrons. The summed E-state index contributed by atoms with van der Waals surface area (Å²) in [6.45, 7) is 9.14. The van der Waals surface area contributed by atoms with E-state index in [0.717, 1.165) is 13.1 Å². The maximum atomic E-state index is 3.59. The molecule has 1 N–H and O–H groups in total. The standard InChI is InChI=1S/C17H28N2/c1-4-12-18-13-16(5-2)19-14(3)10-11-15-8-6-7-9-17(15)19/h6-9,14,16,18H,4-5,10-13H2,1-3H3. The first-order valence-corrected chi connectivity index (χ1v) is 7.84. The highest BCUT2D eigenvalue weighted by atomic mass is 15.2. The Kier molecular flexibility index (Phi) is 5.26. The topological polar surface area (TPSA) is 15.3 Å². The predicted molar refractivity (Wildman–Crippen MR) is 83.9 cm³/mol. The zero-order chi connectivity index (χ0) is 13.7. The number of nitrogens with one attached hydrogen (secondary N) is 1. The fourth-order valence-electron chi connectivity index (χ4n) is 3.16. The highest BCUT2D eigenvalue weighted by Crippen LogP contribution is 2.32. The Balaban J connectivity index is 2.16. The predicted octanol–water partition coefficient (Wildman–Crippen LogP) is 3.61. The van der Waals surface area contributed by atoms with Gasteiger partial charge in [-0.1, -0.05) is 32.0 Å². The van der Waals surface area contributed by atoms with Crippen LogP contribution in [-0.4, -0.2) is 25.2 Å². The number of benzene rings is 1. The Labute approximate surface area is 118 Å². The Morgan fingerprint density at radius 2 is 2.11 bits per heavy atom. The van der Waals surface area contributed by atoms with E-state index in [4.69, 9.17) is 0 Å². The van der Waals surface area contributed by atoms with Gasteiger partial charge in [0.2, 0.25) is 0 Å². The third-order valence-electron chi connectivity index (χ3n) is 4.25. The van der Waals surface area contributed by atoms with Crippen molar-refractivity contribution in [2.75, 3.05) is 18.0 Å². The van der Waals surface area contributed by atoms with E-state index in [1.807, 2.05) is 0 Å². The molecule has 2 nitrogen and oxygen atoms in total. The van der Waals surface area contributed by atoms with Crippen molar-refractivity contribution in [1.29, 1.82) is 0 Å². The molecular weight excluding hydrogens is 232 g/mol. The number of nitrogens with zero attached hydrogens (tertiary/aromatic N) is 1. The number of fused-ring (bicyclic) bond motifs is 1. The molecule has 1 heterocycles. The molecule has 2 unspecified atom stereocenters. The minimum atomic E-state index is 0.614. The van der Waals surface area contributed by atoms with Gasteiger partial charge in [0.15, 0.2) is 0 Å². The molecule has 0 fully saturated rings. The second kappa shape index (κ2) is 6.95. The second-order valence-electron chi connectivity index (χ2n) is 5.69. The van der Waals surface area contributed by atoms with Crippen molar-refractivity contribution in [3.8, 4) is 0 Å². The molecule has 2 rings (SSSR count). The largest absolute Gasteiger partial charge is 0.364 e. The Morgan fingerprint density at radius 1 is 1.32 bits per heavy atom. The molecular formula is C17H28N2. The van der Waals surface area contributed by atoms with E-state index < -0.39 is 0 Å². The van der Waals surface area contributed by atoms with Crippen molar-refractivity contribution in [3.63, 3.8) is 0 Å². The van der Waals surface area contributed by atoms with Crippen LogP contribution in [0.15, 0.2) is 24.3 Å². The number of rotatable bonds is 6. The van der Waals surface area contributed by atoms with Gasteiger partial charge in [0.25, 0.3) is 0 Å². The summed E-state index contributed by atoms with van der Waals surface area (Å²) < 4.78 is 0. The van der Waals surface area contributed by atoms with Gasteiger partial charge in [-0.05, 0) is 50.8 Å². The van der Waals surface area contributed by atoms with E-state index in [0.29, 0.717) is 12.1 Å². The van der Waals surface area contributed by atoms with E-state index in [9.17, 15) is 0 Å². The van der Waals surface area contributed by atoms with Gasteiger partial charge in [-0.15, -0.1) is 0 Å². The number of hydrogen-bond donors (Lipinski definition) is 1. The molecule has 1 aliphatic heterocycles. The Morgan fingerprint density at radius 3 is 2.84 bits per heavy atom. The van der Waals surface area contributed by atoms with Crippen molar-refractivity contribution >= 4 is 5.69 Å². The Bertz CT molecular complexity index is 389. The zero-order valence-electron chi connectivity index (χ0n) is 12.7. The molecule has 0 spiro atoms. The van der Waals surface area contributed by atoms with Crippen LogP contribution < -0.4 is 10.2 Å². The molecule has 0 aliphatic carbocycles. The summed E-state index contributed by atoms with van der Waals surface area (Å²) in [6.07, 6.45) is 4.92. The fraction of sp³-hybridized carbons (Fsp3) is 0.647. The van der Waals surface area contributed by atoms with E-state index in [-0.39, 0.29) is 0 Å². The number of hydrogen-bond acceptors (Lipinski definition) is 2. The molecule has 19 heavy (non-hydrogen) atoms. The van der Waals surface area contributed by atoms with Crippen LogP contribution in [0.4, 0.5) is 5.69 Å². The van der Waals surface area contributed by atoms with Crippen LogP contribution >= 0.6 is 0 Å². The molecule has 2 heteroatoms. The van der Waals surface area contributed by atoms with Crippen molar-refractivity contribution in [3.05, 3.63) is 29.8 Å². The van der Waals surface area contributed by atoms with E-state index in [1.165, 1.54) is 36.9 Å². The van der Waals surface area contributed by atoms with E-state index in [1.54, 1.807) is 0 Å². The molecule has 0 amide bonds. The highest BCUT2D eigenvalue weighted by Gasteiger charge is 2.27. The summed E-state index contributed by atoms with van der Waals surface area (Å²) in [5.41, 5.74) is 2.99. The normalized spacial score (nSPS) is 20.2. The third-order valence-corrected chi connectivity index (χ3v) is 4.25. The van der Waals surface area contributed by atoms with Gasteiger partial charge < -0.3 is 10.2 Å². The summed E-state index contributed by atoms with van der Waals surface area (Å²) in [5, 5.41) is 3.59. The van der Waals surface area contributed by atoms with Crippen molar-refractivity contribution < 1.29 is 0 Å². The summed E-state index contributed by atoms with van der Waals surface area (Å²) in [7, 11) is 0. The van der Waals surface area contributed by atoms with Crippen LogP contribution in [0.5, 0.6) is 0 Å². The summed E-state index contributed by atoms with van der Waals surface area (Å²) >= 11 is 0. The summed E-state index contributed by atoms with van der Waals surface area (Å²) in [5.74, 6) is 0. The lowest BCUT2D eigenvalue weighted by molar-refractivity contribution is 0.450. The van der Waals surface area contributed by atoms with E-state index >= 15 is 0 Å². The van der Waals surface area contributed by atoms with Gasteiger partial charge >= 0.3 is 0 Å². The molecule has 0 aromatic heterocycles. The maximum absolute atomic E-state index is 3.59. The van der Waals surface area contributed by atoms with Gasteiger partial charge in [0.05, 0.1) is 0 Å². The monoisotopic (exact) mass is 260 g/mol. The molecule has 1 aliphatic rings. The number of anilines is 1. The molecule has 0 saturated heterocycles. The van der Waals surface area contributed by atoms with Crippen LogP contribution in [-0.2, 0) is 6.42 Å². The average molecular weight is 260 g/mol. The third kappa shape index (κ3) is 3.30. The first-order valence-electron chi connectivity index (χ1n) is 7.84. The van der Waals surface area contributed by atoms with Crippen LogP contribution in [0, 0.1) is 0 Å². The van der Waals surface area contributed by atoms with Crippen LogP contribution in [0.25, 0.3) is 0 Å². The van der Waals surface area contributed by atoms with Crippen LogP contribution in [0.2, 0.25) is 0 Å². The van der Waals surface area contributed by atoms with Gasteiger partial charge in [-0.25, -0.2) is 0 Å². The zero-order valence-corrected chi connectivity index (χ0v) is 12.7. The van der Waals surface area contributed by atoms with Gasteiger partial charge in [-0.2, -0.15) is 0 Å². The number of para-hydroxylation sites is 1. The molecule has 0 radical (unpaired) electrons. The highest BCUT2D eigenvalue weighted by molar-refractivity contribution is 5.57. The maximum Gasteiger partial charge on any atom is 0.0415 e. The molecule has 1 aromatic rings. The van der Waals surface area contributed by atoms with Gasteiger partial charge in [-0.3, -0.25) is 0 Å². The van der Waals surface area contributed by atoms with Crippen molar-refractivity contribution in [1.82, 2.24) is 5.32 Å². The van der Waals surface area contributed by atoms with E-state index in [2.05, 4.69) is 55.3 Å². The quantitative estimate of drug-likeness (QED) is 0.786. The summed E-state index contributed by atoms with van der Waals surface area (Å²) in [4.78, 5) is 2.65. The lowest BCUT2D eigenvalue weighted by atomic mass is 9.94. The molecule has 0 saturated carbocycles. The average Bonchev–Trinajstić information content (AvgIpc) is 2.45. The first kappa shape index (κ1) is 14.4. The SMILES string of the molecule is CCCNCC(CC)N1c2ccccc2CCC1C. The van der Waals surface area contributed by atoms with Crippen LogP contribution in [0.1, 0.15) is 45.6 Å². The molecule has 2 atom stereocenters. The van der Waals surface area contributed by atoms with Gasteiger partial charge in [0.1, 0.15) is 0 Å². The lowest BCUT2D eigenvalue weighted by Crippen LogP contribution is -2.49. The lowest BCUT2D eigenvalue weighted by Gasteiger charge is -2.42. The smallest absolute Gasteiger partial charge is 0.0415 e. The Hall–Kier alpha value is -1.02. The first-order chi connectivity index (χ1) is 9.27. The van der Waals surface area contributed by atoms with Gasteiger partial charge in [0, 0.05) is 24.3 Å². The minimum absolute atomic E-state index is 0.614. The molecule has 0 bridgehead atoms. The van der Waals surface area contributed by atoms with Crippen LogP contribution in [0.3, 0.4) is 0 Å². The van der Waals surface area contributed by atoms with Crippen molar-refractivity contribution in [2.45, 2.75) is 58.5 Å². The number of aryl methyl sites for hydroxylation is 1. The fourth-order valence-corrected chi connectivity index (χ4v) is 3.16. The van der Waals surface area contributed by atoms with Crippen molar-refractivity contribution in [2.24, 2.45) is 0 Å². The second-order valence-corrected chi connectivity index (χ2v) is 5.69. The molecule has 1 aromatic carbocycles. The summed E-state index contributed by atoms with van der Waals surface area (Å²) in [6, 6.07) is 10.2.